The Balaban J connectivity index is 1.76. The molecule has 2 aromatic heterocycles. The fraction of sp³-hybridized carbons (Fsp3) is 0.174. The number of benzene rings is 2. The first-order valence-corrected chi connectivity index (χ1v) is 9.28. The lowest BCUT2D eigenvalue weighted by molar-refractivity contribution is 0.418. The van der Waals surface area contributed by atoms with Crippen molar-refractivity contribution in [3.05, 3.63) is 86.6 Å². The predicted octanol–water partition coefficient (Wildman–Crippen LogP) is 5.92. The normalized spacial score (nSPS) is 11.1. The molecule has 0 bridgehead atoms. The van der Waals surface area contributed by atoms with Gasteiger partial charge in [-0.2, -0.15) is 0 Å². The number of fused-ring (bicyclic) bond motifs is 1. The van der Waals surface area contributed by atoms with Crippen LogP contribution in [0.15, 0.2) is 62.4 Å². The molecule has 5 heteroatoms. The predicted molar refractivity (Wildman–Crippen MR) is 110 cm³/mol. The monoisotopic (exact) mass is 394 g/mol. The molecule has 0 N–H and O–H groups in total. The summed E-state index contributed by atoms with van der Waals surface area (Å²) in [4.78, 5) is 12.1. The summed E-state index contributed by atoms with van der Waals surface area (Å²) in [6.45, 7) is 3.66. The Morgan fingerprint density at radius 1 is 1.04 bits per heavy atom. The Hall–Kier alpha value is -2.98. The minimum absolute atomic E-state index is 0.335. The van der Waals surface area contributed by atoms with Gasteiger partial charge in [-0.15, -0.1) is 0 Å². The Morgan fingerprint density at radius 3 is 2.61 bits per heavy atom. The molecule has 0 aliphatic rings. The van der Waals surface area contributed by atoms with E-state index in [0.29, 0.717) is 28.3 Å². The van der Waals surface area contributed by atoms with Crippen molar-refractivity contribution >= 4 is 22.6 Å². The molecule has 2 aromatic carbocycles. The van der Waals surface area contributed by atoms with Gasteiger partial charge < -0.3 is 13.6 Å². The van der Waals surface area contributed by atoms with Gasteiger partial charge in [0, 0.05) is 22.6 Å². The van der Waals surface area contributed by atoms with Gasteiger partial charge in [0.25, 0.3) is 0 Å². The van der Waals surface area contributed by atoms with E-state index in [4.69, 9.17) is 25.2 Å². The van der Waals surface area contributed by atoms with Crippen molar-refractivity contribution in [2.75, 3.05) is 7.11 Å². The summed E-state index contributed by atoms with van der Waals surface area (Å²) in [6.07, 6.45) is 2.33. The number of ether oxygens (including phenoxy) is 1. The number of halogens is 1. The summed E-state index contributed by atoms with van der Waals surface area (Å²) in [5.74, 6) is 1.48. The first-order valence-electron chi connectivity index (χ1n) is 8.90. The van der Waals surface area contributed by atoms with Crippen molar-refractivity contribution in [1.82, 2.24) is 0 Å². The maximum atomic E-state index is 12.1. The summed E-state index contributed by atoms with van der Waals surface area (Å²) in [5.41, 5.74) is 4.43. The Morgan fingerprint density at radius 2 is 1.86 bits per heavy atom. The third-order valence-electron chi connectivity index (χ3n) is 4.99. The van der Waals surface area contributed by atoms with E-state index in [1.807, 2.05) is 49.4 Å². The molecule has 142 valence electrons. The second-order valence-corrected chi connectivity index (χ2v) is 7.24. The van der Waals surface area contributed by atoms with E-state index in [1.165, 1.54) is 0 Å². The van der Waals surface area contributed by atoms with Crippen LogP contribution in [0.2, 0.25) is 5.02 Å². The Kier molecular flexibility index (Phi) is 4.73. The molecule has 0 saturated heterocycles. The zero-order valence-electron chi connectivity index (χ0n) is 15.8. The number of furan rings is 1. The molecular weight excluding hydrogens is 376 g/mol. The number of rotatable bonds is 4. The van der Waals surface area contributed by atoms with E-state index in [0.717, 1.165) is 33.4 Å². The van der Waals surface area contributed by atoms with Crippen LogP contribution in [-0.4, -0.2) is 7.11 Å². The summed E-state index contributed by atoms with van der Waals surface area (Å²) < 4.78 is 16.8. The van der Waals surface area contributed by atoms with E-state index in [2.05, 4.69) is 0 Å². The van der Waals surface area contributed by atoms with Crippen LogP contribution in [0, 0.1) is 13.8 Å². The smallest absolute Gasteiger partial charge is 0.339 e. The molecule has 0 atom stereocenters. The highest BCUT2D eigenvalue weighted by Crippen LogP contribution is 2.35. The molecule has 28 heavy (non-hydrogen) atoms. The van der Waals surface area contributed by atoms with Crippen LogP contribution >= 0.6 is 11.6 Å². The van der Waals surface area contributed by atoms with Crippen LogP contribution in [0.1, 0.15) is 22.5 Å². The minimum Gasteiger partial charge on any atom is -0.496 e. The molecule has 0 fully saturated rings. The Labute approximate surface area is 167 Å². The number of methoxy groups -OCH3 is 1. The quantitative estimate of drug-likeness (QED) is 0.403. The lowest BCUT2D eigenvalue weighted by Gasteiger charge is -2.11. The first kappa shape index (κ1) is 18.4. The van der Waals surface area contributed by atoms with Crippen LogP contribution in [0.25, 0.3) is 22.1 Å². The highest BCUT2D eigenvalue weighted by atomic mass is 35.5. The molecule has 4 rings (SSSR count). The van der Waals surface area contributed by atoms with Gasteiger partial charge in [0.2, 0.25) is 0 Å². The summed E-state index contributed by atoms with van der Waals surface area (Å²) in [5, 5.41) is 1.51. The van der Waals surface area contributed by atoms with E-state index < -0.39 is 0 Å². The van der Waals surface area contributed by atoms with Crippen molar-refractivity contribution in [2.45, 2.75) is 20.3 Å². The highest BCUT2D eigenvalue weighted by Gasteiger charge is 2.15. The molecule has 0 unspecified atom stereocenters. The topological polar surface area (TPSA) is 52.6 Å². The van der Waals surface area contributed by atoms with Crippen molar-refractivity contribution in [1.29, 1.82) is 0 Å². The Bertz CT molecular complexity index is 1230. The van der Waals surface area contributed by atoms with Crippen LogP contribution in [0.3, 0.4) is 0 Å². The van der Waals surface area contributed by atoms with Crippen molar-refractivity contribution in [3.63, 3.8) is 0 Å². The molecule has 0 radical (unpaired) electrons. The molecule has 0 aliphatic carbocycles. The zero-order chi connectivity index (χ0) is 19.8. The number of hydrogen-bond acceptors (Lipinski definition) is 4. The molecule has 0 saturated carbocycles. The molecule has 4 aromatic rings. The van der Waals surface area contributed by atoms with Gasteiger partial charge in [0.15, 0.2) is 0 Å². The number of hydrogen-bond donors (Lipinski definition) is 0. The fourth-order valence-electron chi connectivity index (χ4n) is 3.36. The lowest BCUT2D eigenvalue weighted by atomic mass is 10.0. The van der Waals surface area contributed by atoms with Crippen LogP contribution in [-0.2, 0) is 6.42 Å². The van der Waals surface area contributed by atoms with Gasteiger partial charge in [0.05, 0.1) is 18.8 Å². The summed E-state index contributed by atoms with van der Waals surface area (Å²) in [6, 6.07) is 13.4. The van der Waals surface area contributed by atoms with Crippen LogP contribution < -0.4 is 10.4 Å². The SMILES string of the molecule is COc1cc(-c2coc(Cc3cccc(Cl)c3)c2)cc2oc(=O)c(C)c(C)c12. The van der Waals surface area contributed by atoms with Gasteiger partial charge in [-0.1, -0.05) is 23.7 Å². The minimum atomic E-state index is -0.335. The molecule has 0 amide bonds. The average molecular weight is 395 g/mol. The molecule has 4 nitrogen and oxygen atoms in total. The zero-order valence-corrected chi connectivity index (χ0v) is 16.6. The van der Waals surface area contributed by atoms with Crippen molar-refractivity contribution < 1.29 is 13.6 Å². The third-order valence-corrected chi connectivity index (χ3v) is 5.22. The van der Waals surface area contributed by atoms with Gasteiger partial charge in [-0.25, -0.2) is 4.79 Å². The first-order chi connectivity index (χ1) is 13.5. The average Bonchev–Trinajstić information content (AvgIpc) is 3.13. The van der Waals surface area contributed by atoms with Gasteiger partial charge in [-0.3, -0.25) is 0 Å². The second kappa shape index (κ2) is 7.21. The van der Waals surface area contributed by atoms with Gasteiger partial charge in [-0.05, 0) is 60.9 Å². The number of aryl methyl sites for hydroxylation is 1. The molecule has 0 spiro atoms. The van der Waals surface area contributed by atoms with Crippen LogP contribution in [0.5, 0.6) is 5.75 Å². The lowest BCUT2D eigenvalue weighted by Crippen LogP contribution is -2.06. The summed E-state index contributed by atoms with van der Waals surface area (Å²) in [7, 11) is 1.61. The highest BCUT2D eigenvalue weighted by molar-refractivity contribution is 6.30. The van der Waals surface area contributed by atoms with E-state index >= 15 is 0 Å². The fourth-order valence-corrected chi connectivity index (χ4v) is 3.57. The maximum Gasteiger partial charge on any atom is 0.339 e. The third kappa shape index (κ3) is 3.32. The maximum absolute atomic E-state index is 12.1. The van der Waals surface area contributed by atoms with E-state index in [1.54, 1.807) is 20.3 Å². The van der Waals surface area contributed by atoms with E-state index in [-0.39, 0.29) is 5.63 Å². The van der Waals surface area contributed by atoms with Crippen molar-refractivity contribution in [2.24, 2.45) is 0 Å². The summed E-state index contributed by atoms with van der Waals surface area (Å²) >= 11 is 6.06. The second-order valence-electron chi connectivity index (χ2n) is 6.80. The van der Waals surface area contributed by atoms with Crippen molar-refractivity contribution in [3.8, 4) is 16.9 Å². The largest absolute Gasteiger partial charge is 0.496 e. The molecular formula is C23H19ClO4. The van der Waals surface area contributed by atoms with Gasteiger partial charge >= 0.3 is 5.63 Å². The van der Waals surface area contributed by atoms with Crippen LogP contribution in [0.4, 0.5) is 0 Å². The van der Waals surface area contributed by atoms with Gasteiger partial charge in [0.1, 0.15) is 17.1 Å². The standard InChI is InChI=1S/C23H19ClO4/c1-13-14(2)23(25)28-21-11-16(10-20(26-3)22(13)21)17-9-19(27-12-17)8-15-5-4-6-18(24)7-15/h4-7,9-12H,8H2,1-3H3. The molecule has 0 aliphatic heterocycles. The molecule has 2 heterocycles. The van der Waals surface area contributed by atoms with E-state index in [9.17, 15) is 4.79 Å².